The Hall–Kier alpha value is -4.17. The van der Waals surface area contributed by atoms with Crippen molar-refractivity contribution in [3.63, 3.8) is 0 Å². The first-order valence-corrected chi connectivity index (χ1v) is 11.6. The summed E-state index contributed by atoms with van der Waals surface area (Å²) >= 11 is 0. The zero-order valence-electron chi connectivity index (χ0n) is 18.5. The van der Waals surface area contributed by atoms with Crippen molar-refractivity contribution in [1.82, 2.24) is 0 Å². The molecule has 0 amide bonds. The maximum atomic E-state index is 13.8. The van der Waals surface area contributed by atoms with Crippen LogP contribution in [-0.4, -0.2) is 25.0 Å². The normalized spacial score (nSPS) is 12.2. The lowest BCUT2D eigenvalue weighted by molar-refractivity contribution is -0.132. The molecule has 0 fully saturated rings. The lowest BCUT2D eigenvalue weighted by atomic mass is 10.00. The van der Waals surface area contributed by atoms with Gasteiger partial charge in [-0.15, -0.1) is 0 Å². The molecule has 0 atom stereocenters. The van der Waals surface area contributed by atoms with Crippen LogP contribution in [0.4, 0.5) is 17.6 Å². The SMILES string of the molecule is Cc1c(Oc2cc(F)cc(C#N)c2)ccc(S(=O)(=O)C(F)(F)F)c1/C=C(\Cc1ccccc1)C(=O)O. The zero-order chi connectivity index (χ0) is 26.7. The Morgan fingerprint density at radius 3 is 2.36 bits per heavy atom. The molecule has 0 unspecified atom stereocenters. The van der Waals surface area contributed by atoms with Crippen LogP contribution >= 0.6 is 0 Å². The van der Waals surface area contributed by atoms with E-state index in [2.05, 4.69) is 0 Å². The van der Waals surface area contributed by atoms with Gasteiger partial charge in [0, 0.05) is 29.2 Å². The summed E-state index contributed by atoms with van der Waals surface area (Å²) in [5.41, 5.74) is -6.28. The Kier molecular flexibility index (Phi) is 7.50. The zero-order valence-corrected chi connectivity index (χ0v) is 19.3. The first-order valence-electron chi connectivity index (χ1n) is 10.1. The summed E-state index contributed by atoms with van der Waals surface area (Å²) in [5.74, 6) is -2.61. The third-order valence-corrected chi connectivity index (χ3v) is 6.62. The summed E-state index contributed by atoms with van der Waals surface area (Å²) in [6, 6.07) is 14.5. The van der Waals surface area contributed by atoms with Gasteiger partial charge >= 0.3 is 11.5 Å². The van der Waals surface area contributed by atoms with Crippen LogP contribution in [-0.2, 0) is 21.1 Å². The highest BCUT2D eigenvalue weighted by molar-refractivity contribution is 7.92. The van der Waals surface area contributed by atoms with E-state index >= 15 is 0 Å². The number of aliphatic carboxylic acids is 1. The van der Waals surface area contributed by atoms with Crippen molar-refractivity contribution < 1.29 is 40.6 Å². The molecule has 1 N–H and O–H groups in total. The van der Waals surface area contributed by atoms with Crippen LogP contribution in [0.15, 0.2) is 71.1 Å². The Bertz CT molecular complexity index is 1490. The van der Waals surface area contributed by atoms with Crippen LogP contribution in [0.3, 0.4) is 0 Å². The fraction of sp³-hybridized carbons (Fsp3) is 0.120. The molecule has 186 valence electrons. The first-order chi connectivity index (χ1) is 16.8. The van der Waals surface area contributed by atoms with E-state index in [-0.39, 0.29) is 34.6 Å². The quantitative estimate of drug-likeness (QED) is 0.312. The number of nitrogens with zero attached hydrogens (tertiary/aromatic N) is 1. The summed E-state index contributed by atoms with van der Waals surface area (Å²) in [6.45, 7) is 1.24. The van der Waals surface area contributed by atoms with Crippen molar-refractivity contribution in [3.05, 3.63) is 94.3 Å². The van der Waals surface area contributed by atoms with Gasteiger partial charge in [0.1, 0.15) is 17.3 Å². The number of halogens is 4. The number of hydrogen-bond donors (Lipinski definition) is 1. The second kappa shape index (κ2) is 10.2. The van der Waals surface area contributed by atoms with Crippen LogP contribution in [0.2, 0.25) is 0 Å². The Morgan fingerprint density at radius 2 is 1.78 bits per heavy atom. The minimum atomic E-state index is -5.88. The van der Waals surface area contributed by atoms with E-state index in [9.17, 15) is 35.9 Å². The summed E-state index contributed by atoms with van der Waals surface area (Å²) in [6.07, 6.45) is 0.643. The molecule has 0 aliphatic rings. The predicted molar refractivity (Wildman–Crippen MR) is 121 cm³/mol. The highest BCUT2D eigenvalue weighted by atomic mass is 32.2. The van der Waals surface area contributed by atoms with Crippen molar-refractivity contribution in [2.45, 2.75) is 23.7 Å². The summed E-state index contributed by atoms with van der Waals surface area (Å²) in [4.78, 5) is 10.8. The van der Waals surface area contributed by atoms with E-state index in [1.54, 1.807) is 36.4 Å². The number of benzene rings is 3. The molecular formula is C25H17F4NO5S. The molecular weight excluding hydrogens is 502 g/mol. The van der Waals surface area contributed by atoms with Gasteiger partial charge in [0.2, 0.25) is 0 Å². The number of carboxylic acids is 1. The Morgan fingerprint density at radius 1 is 1.11 bits per heavy atom. The molecule has 3 aromatic carbocycles. The van der Waals surface area contributed by atoms with Crippen LogP contribution in [0.5, 0.6) is 11.5 Å². The number of carbonyl (C=O) groups is 1. The molecule has 0 aliphatic heterocycles. The van der Waals surface area contributed by atoms with Gasteiger partial charge in [-0.2, -0.15) is 18.4 Å². The van der Waals surface area contributed by atoms with Gasteiger partial charge in [-0.3, -0.25) is 0 Å². The van der Waals surface area contributed by atoms with Gasteiger partial charge in [0.05, 0.1) is 16.5 Å². The number of rotatable bonds is 7. The number of carboxylic acid groups (broad SMARTS) is 1. The van der Waals surface area contributed by atoms with E-state index in [4.69, 9.17) is 10.00 Å². The topological polar surface area (TPSA) is 104 Å². The maximum Gasteiger partial charge on any atom is 0.501 e. The van der Waals surface area contributed by atoms with Gasteiger partial charge in [0.15, 0.2) is 0 Å². The molecule has 6 nitrogen and oxygen atoms in total. The number of sulfone groups is 1. The van der Waals surface area contributed by atoms with Crippen molar-refractivity contribution >= 4 is 21.9 Å². The average Bonchev–Trinajstić information content (AvgIpc) is 2.80. The van der Waals surface area contributed by atoms with Crippen LogP contribution in [0.1, 0.15) is 22.3 Å². The highest BCUT2D eigenvalue weighted by Gasteiger charge is 2.48. The third kappa shape index (κ3) is 5.72. The highest BCUT2D eigenvalue weighted by Crippen LogP contribution is 2.38. The van der Waals surface area contributed by atoms with Crippen LogP contribution < -0.4 is 4.74 Å². The minimum absolute atomic E-state index is 0.0879. The number of hydrogen-bond acceptors (Lipinski definition) is 5. The van der Waals surface area contributed by atoms with Crippen molar-refractivity contribution in [3.8, 4) is 17.6 Å². The van der Waals surface area contributed by atoms with Gasteiger partial charge in [-0.25, -0.2) is 17.6 Å². The Balaban J connectivity index is 2.23. The number of ether oxygens (including phenoxy) is 1. The van der Waals surface area contributed by atoms with E-state index in [0.29, 0.717) is 11.6 Å². The number of alkyl halides is 3. The van der Waals surface area contributed by atoms with Gasteiger partial charge in [-0.05, 0) is 42.8 Å². The van der Waals surface area contributed by atoms with Crippen molar-refractivity contribution in [2.75, 3.05) is 0 Å². The molecule has 0 bridgehead atoms. The molecule has 0 spiro atoms. The molecule has 0 heterocycles. The molecule has 0 saturated heterocycles. The maximum absolute atomic E-state index is 13.8. The molecule has 3 rings (SSSR count). The monoisotopic (exact) mass is 519 g/mol. The molecule has 0 aliphatic carbocycles. The predicted octanol–water partition coefficient (Wildman–Crippen LogP) is 5.80. The van der Waals surface area contributed by atoms with Gasteiger partial charge in [0.25, 0.3) is 9.84 Å². The fourth-order valence-corrected chi connectivity index (χ4v) is 4.32. The summed E-state index contributed by atoms with van der Waals surface area (Å²) < 4.78 is 84.2. The number of nitriles is 1. The smallest absolute Gasteiger partial charge is 0.478 e. The van der Waals surface area contributed by atoms with Crippen molar-refractivity contribution in [2.24, 2.45) is 0 Å². The molecule has 0 aromatic heterocycles. The van der Waals surface area contributed by atoms with Gasteiger partial charge in [-0.1, -0.05) is 30.3 Å². The molecule has 0 radical (unpaired) electrons. The Labute approximate surface area is 203 Å². The summed E-state index contributed by atoms with van der Waals surface area (Å²) in [7, 11) is -5.88. The van der Waals surface area contributed by atoms with Crippen LogP contribution in [0.25, 0.3) is 6.08 Å². The van der Waals surface area contributed by atoms with E-state index in [1.165, 1.54) is 13.0 Å². The third-order valence-electron chi connectivity index (χ3n) is 5.08. The molecule has 36 heavy (non-hydrogen) atoms. The second-order valence-corrected chi connectivity index (χ2v) is 9.49. The van der Waals surface area contributed by atoms with Gasteiger partial charge < -0.3 is 9.84 Å². The van der Waals surface area contributed by atoms with Crippen molar-refractivity contribution in [1.29, 1.82) is 5.26 Å². The standard InChI is InChI=1S/C25H17F4NO5S/c1-15-21(12-18(24(31)32)9-16-5-3-2-4-6-16)23(36(33,34)25(27,28)29)8-7-22(15)35-20-11-17(14-30)10-19(26)13-20/h2-8,10-13H,9H2,1H3,(H,31,32)/b18-12+. The van der Waals surface area contributed by atoms with E-state index in [0.717, 1.165) is 24.3 Å². The average molecular weight is 519 g/mol. The lowest BCUT2D eigenvalue weighted by Gasteiger charge is -2.17. The van der Waals surface area contributed by atoms with E-state index < -0.39 is 37.6 Å². The molecule has 11 heteroatoms. The first kappa shape index (κ1) is 26.4. The van der Waals surface area contributed by atoms with Crippen LogP contribution in [0, 0.1) is 24.1 Å². The largest absolute Gasteiger partial charge is 0.501 e. The second-order valence-electron chi connectivity index (χ2n) is 7.58. The molecule has 0 saturated carbocycles. The fourth-order valence-electron chi connectivity index (χ4n) is 3.32. The van der Waals surface area contributed by atoms with E-state index in [1.807, 2.05) is 0 Å². The molecule has 3 aromatic rings. The summed E-state index contributed by atoms with van der Waals surface area (Å²) in [5, 5.41) is 18.7. The minimum Gasteiger partial charge on any atom is -0.478 e. The lowest BCUT2D eigenvalue weighted by Crippen LogP contribution is -2.24.